The number of aromatic nitrogens is 1. The van der Waals surface area contributed by atoms with Gasteiger partial charge in [0.25, 0.3) is 0 Å². The van der Waals surface area contributed by atoms with Gasteiger partial charge in [-0.25, -0.2) is 4.98 Å². The smallest absolute Gasteiger partial charge is 0.219 e. The van der Waals surface area contributed by atoms with Gasteiger partial charge in [-0.3, -0.25) is 0 Å². The average molecular weight is 344 g/mol. The van der Waals surface area contributed by atoms with Gasteiger partial charge in [0, 0.05) is 11.2 Å². The Morgan fingerprint density at radius 3 is 2.89 bits per heavy atom. The van der Waals surface area contributed by atoms with Crippen molar-refractivity contribution in [3.05, 3.63) is 45.5 Å². The zero-order valence-electron chi connectivity index (χ0n) is 10.2. The minimum absolute atomic E-state index is 0.307. The highest BCUT2D eigenvalue weighted by molar-refractivity contribution is 9.10. The zero-order chi connectivity index (χ0) is 13.8. The number of rotatable bonds is 4. The van der Waals surface area contributed by atoms with Crippen LogP contribution >= 0.6 is 27.5 Å². The maximum atomic E-state index is 5.89. The number of nitrogen functional groups attached to an aromatic ring is 1. The summed E-state index contributed by atoms with van der Waals surface area (Å²) in [4.78, 5) is 4.10. The molecule has 2 rings (SSSR count). The first-order valence-corrected chi connectivity index (χ1v) is 6.64. The fraction of sp³-hybridized carbons (Fsp3) is 0.154. The van der Waals surface area contributed by atoms with E-state index in [0.29, 0.717) is 33.4 Å². The monoisotopic (exact) mass is 342 g/mol. The van der Waals surface area contributed by atoms with Gasteiger partial charge in [0.1, 0.15) is 6.61 Å². The van der Waals surface area contributed by atoms with Crippen molar-refractivity contribution >= 4 is 33.2 Å². The Morgan fingerprint density at radius 2 is 2.21 bits per heavy atom. The van der Waals surface area contributed by atoms with Crippen LogP contribution in [0.4, 0.5) is 5.69 Å². The summed E-state index contributed by atoms with van der Waals surface area (Å²) >= 11 is 9.26. The number of halogens is 2. The molecule has 0 fully saturated rings. The van der Waals surface area contributed by atoms with Gasteiger partial charge in [-0.1, -0.05) is 11.6 Å². The molecule has 0 saturated carbocycles. The second-order valence-corrected chi connectivity index (χ2v) is 5.06. The van der Waals surface area contributed by atoms with E-state index in [0.717, 1.165) is 5.56 Å². The third-order valence-electron chi connectivity index (χ3n) is 2.45. The van der Waals surface area contributed by atoms with Crippen LogP contribution < -0.4 is 15.2 Å². The topological polar surface area (TPSA) is 57.4 Å². The van der Waals surface area contributed by atoms with Crippen LogP contribution in [0.15, 0.2) is 34.9 Å². The number of methoxy groups -OCH3 is 1. The van der Waals surface area contributed by atoms with Crippen LogP contribution in [0.2, 0.25) is 5.02 Å². The number of pyridine rings is 1. The zero-order valence-corrected chi connectivity index (χ0v) is 12.5. The third kappa shape index (κ3) is 3.30. The van der Waals surface area contributed by atoms with Crippen LogP contribution in [0.25, 0.3) is 0 Å². The SMILES string of the molecule is COc1ncccc1COc1c(N)cc(Cl)cc1Br. The van der Waals surface area contributed by atoms with Gasteiger partial charge in [-0.05, 0) is 40.2 Å². The number of anilines is 1. The van der Waals surface area contributed by atoms with E-state index in [1.54, 1.807) is 25.4 Å². The minimum atomic E-state index is 0.307. The van der Waals surface area contributed by atoms with Crippen molar-refractivity contribution in [3.63, 3.8) is 0 Å². The van der Waals surface area contributed by atoms with E-state index in [1.165, 1.54) is 0 Å². The summed E-state index contributed by atoms with van der Waals surface area (Å²) in [6.07, 6.45) is 1.66. The first kappa shape index (κ1) is 14.0. The van der Waals surface area contributed by atoms with Gasteiger partial charge < -0.3 is 15.2 Å². The molecule has 0 radical (unpaired) electrons. The number of nitrogens with two attached hydrogens (primary N) is 1. The Kier molecular flexibility index (Phi) is 4.50. The Labute approximate surface area is 124 Å². The lowest BCUT2D eigenvalue weighted by Gasteiger charge is -2.12. The van der Waals surface area contributed by atoms with Crippen molar-refractivity contribution in [2.45, 2.75) is 6.61 Å². The first-order valence-electron chi connectivity index (χ1n) is 5.47. The van der Waals surface area contributed by atoms with E-state index in [2.05, 4.69) is 20.9 Å². The molecule has 0 aliphatic heterocycles. The van der Waals surface area contributed by atoms with Crippen LogP contribution in [0.5, 0.6) is 11.6 Å². The highest BCUT2D eigenvalue weighted by Gasteiger charge is 2.10. The molecule has 6 heteroatoms. The van der Waals surface area contributed by atoms with Crippen LogP contribution in [-0.4, -0.2) is 12.1 Å². The Morgan fingerprint density at radius 1 is 1.42 bits per heavy atom. The molecule has 19 heavy (non-hydrogen) atoms. The van der Waals surface area contributed by atoms with Crippen molar-refractivity contribution < 1.29 is 9.47 Å². The van der Waals surface area contributed by atoms with E-state index in [1.807, 2.05) is 12.1 Å². The molecule has 0 spiro atoms. The summed E-state index contributed by atoms with van der Waals surface area (Å²) in [7, 11) is 1.57. The van der Waals surface area contributed by atoms with E-state index < -0.39 is 0 Å². The van der Waals surface area contributed by atoms with Crippen LogP contribution in [0.3, 0.4) is 0 Å². The van der Waals surface area contributed by atoms with Crippen molar-refractivity contribution in [3.8, 4) is 11.6 Å². The molecular formula is C13H12BrClN2O2. The Hall–Kier alpha value is -1.46. The summed E-state index contributed by atoms with van der Waals surface area (Å²) in [6.45, 7) is 0.307. The largest absolute Gasteiger partial charge is 0.485 e. The number of hydrogen-bond donors (Lipinski definition) is 1. The lowest BCUT2D eigenvalue weighted by Crippen LogP contribution is -2.02. The molecule has 4 nitrogen and oxygen atoms in total. The molecule has 0 amide bonds. The number of ether oxygens (including phenoxy) is 2. The molecular weight excluding hydrogens is 332 g/mol. The van der Waals surface area contributed by atoms with Gasteiger partial charge in [0.15, 0.2) is 5.75 Å². The molecule has 2 N–H and O–H groups in total. The normalized spacial score (nSPS) is 10.3. The average Bonchev–Trinajstić information content (AvgIpc) is 2.38. The predicted molar refractivity (Wildman–Crippen MR) is 78.7 cm³/mol. The first-order chi connectivity index (χ1) is 9.11. The van der Waals surface area contributed by atoms with Gasteiger partial charge in [-0.2, -0.15) is 0 Å². The number of nitrogens with zero attached hydrogens (tertiary/aromatic N) is 1. The molecule has 1 aromatic heterocycles. The molecule has 0 aliphatic carbocycles. The highest BCUT2D eigenvalue weighted by atomic mass is 79.9. The summed E-state index contributed by atoms with van der Waals surface area (Å²) in [5.74, 6) is 1.08. The Bertz CT molecular complexity index is 570. The molecule has 2 aromatic rings. The molecule has 0 saturated heterocycles. The van der Waals surface area contributed by atoms with Crippen molar-refractivity contribution in [2.24, 2.45) is 0 Å². The molecule has 1 heterocycles. The summed E-state index contributed by atoms with van der Waals surface area (Å²) < 4.78 is 11.6. The lowest BCUT2D eigenvalue weighted by molar-refractivity contribution is 0.293. The summed E-state index contributed by atoms with van der Waals surface area (Å²) in [5, 5.41) is 0.552. The number of hydrogen-bond acceptors (Lipinski definition) is 4. The maximum Gasteiger partial charge on any atom is 0.219 e. The number of benzene rings is 1. The lowest BCUT2D eigenvalue weighted by atomic mass is 10.2. The second-order valence-electron chi connectivity index (χ2n) is 3.77. The minimum Gasteiger partial charge on any atom is -0.485 e. The Balaban J connectivity index is 2.19. The summed E-state index contributed by atoms with van der Waals surface area (Å²) in [6, 6.07) is 7.07. The van der Waals surface area contributed by atoms with Crippen LogP contribution in [0.1, 0.15) is 5.56 Å². The van der Waals surface area contributed by atoms with Crippen molar-refractivity contribution in [2.75, 3.05) is 12.8 Å². The predicted octanol–water partition coefficient (Wildman–Crippen LogP) is 3.67. The molecule has 100 valence electrons. The van der Waals surface area contributed by atoms with Gasteiger partial charge in [0.2, 0.25) is 5.88 Å². The standard InChI is InChI=1S/C13H12BrClN2O2/c1-18-13-8(3-2-4-17-13)7-19-12-10(14)5-9(15)6-11(12)16/h2-6H,7,16H2,1H3. The van der Waals surface area contributed by atoms with Crippen molar-refractivity contribution in [1.29, 1.82) is 0 Å². The van der Waals surface area contributed by atoms with Crippen molar-refractivity contribution in [1.82, 2.24) is 4.98 Å². The van der Waals surface area contributed by atoms with Gasteiger partial charge in [0.05, 0.1) is 22.8 Å². The van der Waals surface area contributed by atoms with E-state index in [-0.39, 0.29) is 0 Å². The molecule has 1 aromatic carbocycles. The van der Waals surface area contributed by atoms with Gasteiger partial charge in [-0.15, -0.1) is 0 Å². The van der Waals surface area contributed by atoms with Crippen LogP contribution in [-0.2, 0) is 6.61 Å². The van der Waals surface area contributed by atoms with Crippen LogP contribution in [0, 0.1) is 0 Å². The molecule has 0 atom stereocenters. The maximum absolute atomic E-state index is 5.89. The molecule has 0 aliphatic rings. The second kappa shape index (κ2) is 6.12. The fourth-order valence-electron chi connectivity index (χ4n) is 1.60. The highest BCUT2D eigenvalue weighted by Crippen LogP contribution is 2.35. The summed E-state index contributed by atoms with van der Waals surface area (Å²) in [5.41, 5.74) is 7.18. The van der Waals surface area contributed by atoms with E-state index in [4.69, 9.17) is 26.8 Å². The van der Waals surface area contributed by atoms with Gasteiger partial charge >= 0.3 is 0 Å². The fourth-order valence-corrected chi connectivity index (χ4v) is 2.55. The quantitative estimate of drug-likeness (QED) is 0.861. The third-order valence-corrected chi connectivity index (χ3v) is 3.26. The van der Waals surface area contributed by atoms with E-state index in [9.17, 15) is 0 Å². The molecule has 0 bridgehead atoms. The van der Waals surface area contributed by atoms with E-state index >= 15 is 0 Å². The molecule has 0 unspecified atom stereocenters.